The lowest BCUT2D eigenvalue weighted by Gasteiger charge is -2.41. The van der Waals surface area contributed by atoms with Crippen LogP contribution in [0.2, 0.25) is 0 Å². The van der Waals surface area contributed by atoms with Gasteiger partial charge in [0, 0.05) is 48.6 Å². The molecule has 2 heterocycles. The van der Waals surface area contributed by atoms with Gasteiger partial charge in [-0.1, -0.05) is 12.1 Å². The number of carbonyl (C=O) groups is 5. The van der Waals surface area contributed by atoms with Gasteiger partial charge < -0.3 is 51.2 Å². The molecule has 2 atom stereocenters. The first-order valence-electron chi connectivity index (χ1n) is 17.6. The number of carboxylic acids is 1. The lowest BCUT2D eigenvalue weighted by Crippen LogP contribution is -2.63. The fraction of sp³-hybridized carbons (Fsp3) is 0.297. The lowest BCUT2D eigenvalue weighted by molar-refractivity contribution is -0.159. The number of anilines is 3. The number of ether oxygens (including phenoxy) is 1. The molecule has 0 saturated carbocycles. The Kier molecular flexibility index (Phi) is 13.5. The van der Waals surface area contributed by atoms with Gasteiger partial charge in [0.15, 0.2) is 5.96 Å². The lowest BCUT2D eigenvalue weighted by atomic mass is 9.99. The van der Waals surface area contributed by atoms with Crippen molar-refractivity contribution >= 4 is 52.9 Å². The van der Waals surface area contributed by atoms with Crippen LogP contribution in [-0.2, 0) is 27.0 Å². The SMILES string of the molecule is COc1ccc(CC(NC(=O)c2ccc(Nc3noc(C(F)(F)F)n3)cc2)C(=O)N2CCN(CC(=O)O)C(=O)[C@@H]2CCCNC(=O)c2ccc(NC(=N)N)cc2)cc1. The van der Waals surface area contributed by atoms with E-state index in [0.717, 1.165) is 4.90 Å². The fourth-order valence-corrected chi connectivity index (χ4v) is 6.02. The number of aromatic nitrogens is 2. The van der Waals surface area contributed by atoms with E-state index in [-0.39, 0.29) is 56.1 Å². The molecule has 5 rings (SSSR count). The van der Waals surface area contributed by atoms with E-state index in [1.807, 2.05) is 0 Å². The van der Waals surface area contributed by atoms with E-state index in [1.165, 1.54) is 48.4 Å². The van der Waals surface area contributed by atoms with Crippen molar-refractivity contribution in [3.8, 4) is 5.75 Å². The number of carbonyl (C=O) groups excluding carboxylic acids is 4. The molecule has 306 valence electrons. The van der Waals surface area contributed by atoms with Gasteiger partial charge in [-0.05, 0) is 84.2 Å². The van der Waals surface area contributed by atoms with E-state index in [4.69, 9.17) is 15.9 Å². The Labute approximate surface area is 328 Å². The predicted molar refractivity (Wildman–Crippen MR) is 200 cm³/mol. The molecule has 1 aliphatic rings. The van der Waals surface area contributed by atoms with Crippen molar-refractivity contribution in [2.75, 3.05) is 43.9 Å². The molecule has 4 aromatic rings. The largest absolute Gasteiger partial charge is 0.497 e. The van der Waals surface area contributed by atoms with E-state index < -0.39 is 66.2 Å². The summed E-state index contributed by atoms with van der Waals surface area (Å²) in [4.78, 5) is 71.8. The van der Waals surface area contributed by atoms with E-state index in [1.54, 1.807) is 36.4 Å². The highest BCUT2D eigenvalue weighted by atomic mass is 19.4. The first-order chi connectivity index (χ1) is 27.6. The summed E-state index contributed by atoms with van der Waals surface area (Å²) in [6.07, 6.45) is -4.59. The molecule has 0 aliphatic carbocycles. The van der Waals surface area contributed by atoms with Gasteiger partial charge in [0.05, 0.1) is 7.11 Å². The third-order valence-corrected chi connectivity index (χ3v) is 8.83. The smallest absolute Gasteiger partial charge is 0.471 e. The molecule has 0 bridgehead atoms. The molecule has 58 heavy (non-hydrogen) atoms. The quantitative estimate of drug-likeness (QED) is 0.0489. The molecule has 18 nitrogen and oxygen atoms in total. The molecule has 21 heteroatoms. The summed E-state index contributed by atoms with van der Waals surface area (Å²) in [5.41, 5.74) is 7.12. The number of carboxylic acid groups (broad SMARTS) is 1. The molecule has 1 fully saturated rings. The number of aliphatic carboxylic acids is 1. The minimum absolute atomic E-state index is 0.0133. The van der Waals surface area contributed by atoms with Gasteiger partial charge in [-0.3, -0.25) is 29.4 Å². The normalized spacial score (nSPS) is 14.6. The molecule has 1 unspecified atom stereocenters. The number of piperazine rings is 1. The second kappa shape index (κ2) is 18.6. The highest BCUT2D eigenvalue weighted by molar-refractivity contribution is 5.99. The van der Waals surface area contributed by atoms with Gasteiger partial charge in [-0.25, -0.2) is 0 Å². The summed E-state index contributed by atoms with van der Waals surface area (Å²) in [6.45, 7) is -0.613. The van der Waals surface area contributed by atoms with E-state index >= 15 is 0 Å². The van der Waals surface area contributed by atoms with Gasteiger partial charge in [0.1, 0.15) is 24.4 Å². The number of methoxy groups -OCH3 is 1. The van der Waals surface area contributed by atoms with Gasteiger partial charge in [-0.2, -0.15) is 18.2 Å². The van der Waals surface area contributed by atoms with Crippen molar-refractivity contribution in [1.29, 1.82) is 5.41 Å². The van der Waals surface area contributed by atoms with Crippen molar-refractivity contribution < 1.29 is 51.5 Å². The van der Waals surface area contributed by atoms with Crippen molar-refractivity contribution in [3.63, 3.8) is 0 Å². The summed E-state index contributed by atoms with van der Waals surface area (Å²) in [5, 5.41) is 30.7. The summed E-state index contributed by atoms with van der Waals surface area (Å²) in [5.74, 6) is -5.27. The standard InChI is InChI=1S/C37H39F3N10O8/c1-57-26-14-4-21(5-15-26)19-27(46-31(54)23-8-12-25(13-9-23)45-36-47-34(58-48-36)37(38,39)40)32(55)50-18-17-49(20-29(51)52)33(56)28(50)3-2-16-43-30(53)22-6-10-24(11-7-22)44-35(41)42/h4-15,27-28H,2-3,16-20H2,1H3,(H,43,53)(H,45,48)(H,46,54)(H,51,52)(H4,41,42,44)/t27?,28-/m0/s1. The number of nitrogens with two attached hydrogens (primary N) is 1. The van der Waals surface area contributed by atoms with E-state index in [2.05, 4.69) is 35.9 Å². The molecule has 0 radical (unpaired) electrons. The molecular formula is C37H39F3N10O8. The second-order valence-corrected chi connectivity index (χ2v) is 12.9. The summed E-state index contributed by atoms with van der Waals surface area (Å²) < 4.78 is 48.0. The molecular weight excluding hydrogens is 769 g/mol. The number of nitrogens with zero attached hydrogens (tertiary/aromatic N) is 4. The maximum atomic E-state index is 14.4. The topological polar surface area (TPSA) is 258 Å². The Morgan fingerprint density at radius 2 is 1.62 bits per heavy atom. The number of benzene rings is 3. The Morgan fingerprint density at radius 3 is 2.21 bits per heavy atom. The zero-order chi connectivity index (χ0) is 42.0. The van der Waals surface area contributed by atoms with Crippen LogP contribution in [0.5, 0.6) is 5.75 Å². The first kappa shape index (κ1) is 42.0. The average Bonchev–Trinajstić information content (AvgIpc) is 3.67. The first-order valence-corrected chi connectivity index (χ1v) is 17.6. The number of rotatable bonds is 16. The fourth-order valence-electron chi connectivity index (χ4n) is 6.02. The third-order valence-electron chi connectivity index (χ3n) is 8.83. The van der Waals surface area contributed by atoms with Crippen LogP contribution in [-0.4, -0.2) is 106 Å². The van der Waals surface area contributed by atoms with Gasteiger partial charge in [-0.15, -0.1) is 0 Å². The molecule has 0 spiro atoms. The summed E-state index contributed by atoms with van der Waals surface area (Å²) in [7, 11) is 1.49. The van der Waals surface area contributed by atoms with E-state index in [9.17, 15) is 42.3 Å². The number of alkyl halides is 3. The van der Waals surface area contributed by atoms with Crippen LogP contribution in [0.15, 0.2) is 77.3 Å². The molecule has 8 N–H and O–H groups in total. The van der Waals surface area contributed by atoms with Gasteiger partial charge in [0.2, 0.25) is 11.8 Å². The number of halogens is 3. The predicted octanol–water partition coefficient (Wildman–Crippen LogP) is 2.82. The summed E-state index contributed by atoms with van der Waals surface area (Å²) in [6, 6.07) is 16.1. The molecule has 3 aromatic carbocycles. The van der Waals surface area contributed by atoms with Crippen LogP contribution in [0.25, 0.3) is 0 Å². The zero-order valence-corrected chi connectivity index (χ0v) is 30.8. The van der Waals surface area contributed by atoms with Crippen LogP contribution in [0, 0.1) is 5.41 Å². The van der Waals surface area contributed by atoms with Crippen LogP contribution < -0.4 is 31.7 Å². The number of nitrogens with one attached hydrogen (secondary N) is 5. The van der Waals surface area contributed by atoms with Crippen LogP contribution in [0.3, 0.4) is 0 Å². The Hall–Kier alpha value is -7.19. The maximum Gasteiger partial charge on any atom is 0.471 e. The molecule has 1 aliphatic heterocycles. The second-order valence-electron chi connectivity index (χ2n) is 12.9. The average molecular weight is 809 g/mol. The number of guanidine groups is 1. The molecule has 1 aromatic heterocycles. The Balaban J connectivity index is 1.31. The van der Waals surface area contributed by atoms with Crippen molar-refractivity contribution in [2.45, 2.75) is 37.5 Å². The molecule has 1 saturated heterocycles. The van der Waals surface area contributed by atoms with Crippen LogP contribution in [0.1, 0.15) is 45.0 Å². The van der Waals surface area contributed by atoms with Crippen LogP contribution in [0.4, 0.5) is 30.5 Å². The number of hydrogen-bond acceptors (Lipinski definition) is 11. The van der Waals surface area contributed by atoms with Crippen molar-refractivity contribution in [3.05, 3.63) is 95.4 Å². The van der Waals surface area contributed by atoms with E-state index in [0.29, 0.717) is 22.6 Å². The van der Waals surface area contributed by atoms with Crippen molar-refractivity contribution in [1.82, 2.24) is 30.6 Å². The zero-order valence-electron chi connectivity index (χ0n) is 30.8. The van der Waals surface area contributed by atoms with Crippen LogP contribution >= 0.6 is 0 Å². The minimum Gasteiger partial charge on any atom is -0.497 e. The monoisotopic (exact) mass is 808 g/mol. The number of hydrogen-bond donors (Lipinski definition) is 7. The highest BCUT2D eigenvalue weighted by Crippen LogP contribution is 2.29. The highest BCUT2D eigenvalue weighted by Gasteiger charge is 2.41. The van der Waals surface area contributed by atoms with Crippen molar-refractivity contribution in [2.24, 2.45) is 5.73 Å². The maximum absolute atomic E-state index is 14.4. The Morgan fingerprint density at radius 1 is 0.983 bits per heavy atom. The summed E-state index contributed by atoms with van der Waals surface area (Å²) >= 11 is 0. The third kappa shape index (κ3) is 11.2. The minimum atomic E-state index is -4.84. The van der Waals surface area contributed by atoms with Gasteiger partial charge >= 0.3 is 18.0 Å². The number of amides is 4. The molecule has 4 amide bonds. The van der Waals surface area contributed by atoms with Gasteiger partial charge in [0.25, 0.3) is 17.8 Å². The Bertz CT molecular complexity index is 2110.